The summed E-state index contributed by atoms with van der Waals surface area (Å²) >= 11 is 0. The lowest BCUT2D eigenvalue weighted by Crippen LogP contribution is -2.04. The lowest BCUT2D eigenvalue weighted by molar-refractivity contribution is -0.384. The van der Waals surface area contributed by atoms with Crippen LogP contribution in [0, 0.1) is 10.1 Å². The molecule has 2 aromatic heterocycles. The number of nitrogens with one attached hydrogen (secondary N) is 1. The Morgan fingerprint density at radius 3 is 2.83 bits per heavy atom. The minimum Gasteiger partial charge on any atom is -0.378 e. The summed E-state index contributed by atoms with van der Waals surface area (Å²) in [6.45, 7) is 0.526. The van der Waals surface area contributed by atoms with Crippen molar-refractivity contribution in [1.29, 1.82) is 0 Å². The van der Waals surface area contributed by atoms with Gasteiger partial charge >= 0.3 is 5.69 Å². The van der Waals surface area contributed by atoms with Crippen LogP contribution in [0.4, 0.5) is 17.3 Å². The number of aromatic nitrogens is 2. The van der Waals surface area contributed by atoms with Crippen molar-refractivity contribution in [3.05, 3.63) is 52.3 Å². The van der Waals surface area contributed by atoms with Crippen LogP contribution in [0.5, 0.6) is 0 Å². The molecule has 0 aliphatic carbocycles. The van der Waals surface area contributed by atoms with Crippen molar-refractivity contribution in [3.8, 4) is 0 Å². The van der Waals surface area contributed by atoms with Gasteiger partial charge in [0.15, 0.2) is 0 Å². The number of hydrogen-bond donors (Lipinski definition) is 2. The molecule has 0 aromatic carbocycles. The van der Waals surface area contributed by atoms with Gasteiger partial charge in [-0.2, -0.15) is 0 Å². The van der Waals surface area contributed by atoms with Crippen LogP contribution in [0.15, 0.2) is 36.7 Å². The van der Waals surface area contributed by atoms with Crippen LogP contribution in [-0.4, -0.2) is 14.9 Å². The highest BCUT2D eigenvalue weighted by Gasteiger charge is 2.12. The van der Waals surface area contributed by atoms with E-state index in [0.29, 0.717) is 12.4 Å². The summed E-state index contributed by atoms with van der Waals surface area (Å²) in [6.07, 6.45) is 3.41. The molecule has 0 radical (unpaired) electrons. The van der Waals surface area contributed by atoms with E-state index in [-0.39, 0.29) is 11.5 Å². The summed E-state index contributed by atoms with van der Waals surface area (Å²) in [6, 6.07) is 6.59. The summed E-state index contributed by atoms with van der Waals surface area (Å²) in [4.78, 5) is 17.9. The Balaban J connectivity index is 2.07. The Kier molecular flexibility index (Phi) is 3.33. The molecule has 0 bridgehead atoms. The van der Waals surface area contributed by atoms with Gasteiger partial charge in [-0.3, -0.25) is 15.1 Å². The third kappa shape index (κ3) is 2.70. The Morgan fingerprint density at radius 2 is 2.22 bits per heavy atom. The molecule has 0 amide bonds. The van der Waals surface area contributed by atoms with Crippen molar-refractivity contribution in [1.82, 2.24) is 9.97 Å². The molecule has 0 saturated heterocycles. The number of nitrogens with zero attached hydrogens (tertiary/aromatic N) is 3. The van der Waals surface area contributed by atoms with Crippen molar-refractivity contribution in [3.63, 3.8) is 0 Å². The van der Waals surface area contributed by atoms with Gasteiger partial charge in [0.05, 0.1) is 4.92 Å². The second kappa shape index (κ2) is 5.09. The maximum absolute atomic E-state index is 10.6. The summed E-state index contributed by atoms with van der Waals surface area (Å²) < 4.78 is 0. The second-order valence-electron chi connectivity index (χ2n) is 3.57. The molecule has 2 aromatic rings. The average Bonchev–Trinajstić information content (AvgIpc) is 2.37. The van der Waals surface area contributed by atoms with Crippen LogP contribution in [0.25, 0.3) is 0 Å². The lowest BCUT2D eigenvalue weighted by atomic mass is 10.3. The number of pyridine rings is 2. The van der Waals surface area contributed by atoms with Gasteiger partial charge in [0, 0.05) is 25.0 Å². The lowest BCUT2D eigenvalue weighted by Gasteiger charge is -2.05. The minimum absolute atomic E-state index is 0.101. The molecule has 2 rings (SSSR count). The third-order valence-corrected chi connectivity index (χ3v) is 2.30. The summed E-state index contributed by atoms with van der Waals surface area (Å²) in [5.41, 5.74) is 6.28. The van der Waals surface area contributed by atoms with E-state index in [1.807, 2.05) is 12.1 Å². The highest BCUT2D eigenvalue weighted by atomic mass is 16.6. The highest BCUT2D eigenvalue weighted by Crippen LogP contribution is 2.20. The first-order chi connectivity index (χ1) is 8.66. The van der Waals surface area contributed by atoms with Gasteiger partial charge in [-0.1, -0.05) is 6.07 Å². The van der Waals surface area contributed by atoms with Crippen LogP contribution in [0.2, 0.25) is 0 Å². The van der Waals surface area contributed by atoms with E-state index in [9.17, 15) is 10.1 Å². The van der Waals surface area contributed by atoms with Crippen molar-refractivity contribution in [2.45, 2.75) is 6.54 Å². The second-order valence-corrected chi connectivity index (χ2v) is 3.57. The maximum Gasteiger partial charge on any atom is 0.311 e. The fourth-order valence-corrected chi connectivity index (χ4v) is 1.42. The monoisotopic (exact) mass is 245 g/mol. The predicted molar refractivity (Wildman–Crippen MR) is 66.9 cm³/mol. The van der Waals surface area contributed by atoms with Crippen molar-refractivity contribution in [2.24, 2.45) is 0 Å². The molecular formula is C11H11N5O2. The zero-order valence-corrected chi connectivity index (χ0v) is 9.41. The first-order valence-electron chi connectivity index (χ1n) is 5.20. The Morgan fingerprint density at radius 1 is 1.39 bits per heavy atom. The van der Waals surface area contributed by atoms with Gasteiger partial charge in [0.1, 0.15) is 5.82 Å². The molecule has 0 unspecified atom stereocenters. The molecule has 0 spiro atoms. The molecule has 92 valence electrons. The SMILES string of the molecule is Nc1nc(NCc2cccnc2)ccc1[N+](=O)[O-]. The molecule has 3 N–H and O–H groups in total. The molecular weight excluding hydrogens is 234 g/mol. The van der Waals surface area contributed by atoms with E-state index in [1.54, 1.807) is 12.4 Å². The maximum atomic E-state index is 10.6. The van der Waals surface area contributed by atoms with Crippen molar-refractivity contribution >= 4 is 17.3 Å². The fourth-order valence-electron chi connectivity index (χ4n) is 1.42. The molecule has 0 saturated carbocycles. The Hall–Kier alpha value is -2.70. The van der Waals surface area contributed by atoms with Gasteiger partial charge < -0.3 is 11.1 Å². The summed E-state index contributed by atoms with van der Waals surface area (Å²) in [5, 5.41) is 13.6. The van der Waals surface area contributed by atoms with Crippen LogP contribution >= 0.6 is 0 Å². The molecule has 18 heavy (non-hydrogen) atoms. The van der Waals surface area contributed by atoms with Crippen molar-refractivity contribution < 1.29 is 4.92 Å². The molecule has 7 nitrogen and oxygen atoms in total. The molecule has 0 atom stereocenters. The van der Waals surface area contributed by atoms with E-state index in [0.717, 1.165) is 5.56 Å². The zero-order valence-electron chi connectivity index (χ0n) is 9.41. The number of hydrogen-bond acceptors (Lipinski definition) is 6. The van der Waals surface area contributed by atoms with Crippen LogP contribution < -0.4 is 11.1 Å². The van der Waals surface area contributed by atoms with Crippen molar-refractivity contribution in [2.75, 3.05) is 11.1 Å². The van der Waals surface area contributed by atoms with Gasteiger partial charge in [-0.25, -0.2) is 4.98 Å². The predicted octanol–water partition coefficient (Wildman–Crippen LogP) is 1.58. The Labute approximate surface area is 103 Å². The largest absolute Gasteiger partial charge is 0.378 e. The molecule has 7 heteroatoms. The standard InChI is InChI=1S/C11H11N5O2/c12-11-9(16(17)18)3-4-10(15-11)14-7-8-2-1-5-13-6-8/h1-6H,7H2,(H3,12,14,15). The van der Waals surface area contributed by atoms with Gasteiger partial charge in [0.25, 0.3) is 0 Å². The first-order valence-corrected chi connectivity index (χ1v) is 5.20. The van der Waals surface area contributed by atoms with E-state index >= 15 is 0 Å². The first kappa shape index (κ1) is 11.8. The Bertz CT molecular complexity index is 559. The van der Waals surface area contributed by atoms with E-state index in [2.05, 4.69) is 15.3 Å². The highest BCUT2D eigenvalue weighted by molar-refractivity contribution is 5.57. The molecule has 0 fully saturated rings. The van der Waals surface area contributed by atoms with Crippen LogP contribution in [-0.2, 0) is 6.54 Å². The molecule has 0 aliphatic heterocycles. The minimum atomic E-state index is -0.562. The van der Waals surface area contributed by atoms with Gasteiger partial charge in [0.2, 0.25) is 5.82 Å². The number of anilines is 2. The van der Waals surface area contributed by atoms with Gasteiger partial charge in [-0.05, 0) is 17.7 Å². The van der Waals surface area contributed by atoms with Gasteiger partial charge in [-0.15, -0.1) is 0 Å². The fraction of sp³-hybridized carbons (Fsp3) is 0.0909. The van der Waals surface area contributed by atoms with E-state index in [4.69, 9.17) is 5.73 Å². The number of nitrogens with two attached hydrogens (primary N) is 1. The van der Waals surface area contributed by atoms with E-state index in [1.165, 1.54) is 12.1 Å². The number of nitro groups is 1. The number of nitrogen functional groups attached to an aromatic ring is 1. The quantitative estimate of drug-likeness (QED) is 0.625. The van der Waals surface area contributed by atoms with E-state index < -0.39 is 4.92 Å². The topological polar surface area (TPSA) is 107 Å². The summed E-state index contributed by atoms with van der Waals surface area (Å²) in [7, 11) is 0. The smallest absolute Gasteiger partial charge is 0.311 e. The zero-order chi connectivity index (χ0) is 13.0. The van der Waals surface area contributed by atoms with Crippen LogP contribution in [0.3, 0.4) is 0 Å². The molecule has 2 heterocycles. The average molecular weight is 245 g/mol. The third-order valence-electron chi connectivity index (χ3n) is 2.30. The summed E-state index contributed by atoms with van der Waals surface area (Å²) in [5.74, 6) is 0.387. The number of rotatable bonds is 4. The van der Waals surface area contributed by atoms with Crippen LogP contribution in [0.1, 0.15) is 5.56 Å². The normalized spacial score (nSPS) is 10.0. The molecule has 0 aliphatic rings.